The summed E-state index contributed by atoms with van der Waals surface area (Å²) in [4.78, 5) is 37.9. The molecule has 4 radical (unpaired) electrons. The van der Waals surface area contributed by atoms with E-state index < -0.39 is 49.8 Å². The first-order valence-electron chi connectivity index (χ1n) is 11.0. The number of hydrogen-bond acceptors (Lipinski definition) is 8. The van der Waals surface area contributed by atoms with Crippen molar-refractivity contribution in [2.45, 2.75) is 51.6 Å². The molecule has 2 N–H and O–H groups in total. The molecule has 0 spiro atoms. The van der Waals surface area contributed by atoms with E-state index in [4.69, 9.17) is 34.2 Å². The van der Waals surface area contributed by atoms with E-state index in [9.17, 15) is 18.9 Å². The number of ether oxygens (including phenoxy) is 2. The maximum absolute atomic E-state index is 13.5. The summed E-state index contributed by atoms with van der Waals surface area (Å²) in [5, 5.41) is 2.47. The topological polar surface area (TPSA) is 138 Å². The van der Waals surface area contributed by atoms with Crippen LogP contribution in [-0.4, -0.2) is 56.0 Å². The van der Waals surface area contributed by atoms with Gasteiger partial charge in [-0.1, -0.05) is 25.1 Å². The van der Waals surface area contributed by atoms with Gasteiger partial charge < -0.3 is 14.0 Å². The lowest BCUT2D eigenvalue weighted by molar-refractivity contribution is -0.146. The van der Waals surface area contributed by atoms with E-state index in [2.05, 4.69) is 10.1 Å². The van der Waals surface area contributed by atoms with E-state index >= 15 is 0 Å². The summed E-state index contributed by atoms with van der Waals surface area (Å²) in [5.74, 6) is -0.669. The Morgan fingerprint density at radius 3 is 2.66 bits per heavy atom. The van der Waals surface area contributed by atoms with E-state index in [1.807, 2.05) is 6.92 Å². The average molecular weight is 501 g/mol. The summed E-state index contributed by atoms with van der Waals surface area (Å²) in [6.45, 7) is 4.72. The normalized spacial score (nSPS) is 22.5. The molecule has 35 heavy (non-hydrogen) atoms. The second-order valence-electron chi connectivity index (χ2n) is 8.37. The van der Waals surface area contributed by atoms with Crippen molar-refractivity contribution in [3.8, 4) is 5.75 Å². The van der Waals surface area contributed by atoms with E-state index in [0.29, 0.717) is 6.42 Å². The van der Waals surface area contributed by atoms with Gasteiger partial charge in [0.2, 0.25) is 5.56 Å². The smallest absolute Gasteiger partial charge is 0.458 e. The van der Waals surface area contributed by atoms with Crippen LogP contribution in [0.5, 0.6) is 5.75 Å². The van der Waals surface area contributed by atoms with E-state index in [0.717, 1.165) is 4.57 Å². The number of nitrogens with zero attached hydrogens (tertiary/aromatic N) is 1. The minimum Gasteiger partial charge on any atom is -0.462 e. The van der Waals surface area contributed by atoms with Gasteiger partial charge in [0.25, 0.3) is 0 Å². The van der Waals surface area contributed by atoms with Crippen LogP contribution in [0.4, 0.5) is 0 Å². The quantitative estimate of drug-likeness (QED) is 0.271. The third-order valence-corrected chi connectivity index (χ3v) is 6.57. The molecule has 0 bridgehead atoms. The molecular weight excluding hydrogens is 475 g/mol. The van der Waals surface area contributed by atoms with Crippen molar-refractivity contribution >= 4 is 34.9 Å². The average Bonchev–Trinajstić information content (AvgIpc) is 3.17. The summed E-state index contributed by atoms with van der Waals surface area (Å²) >= 11 is 0. The number of esters is 1. The van der Waals surface area contributed by atoms with Crippen molar-refractivity contribution in [1.82, 2.24) is 14.6 Å². The molecule has 1 aliphatic heterocycles. The summed E-state index contributed by atoms with van der Waals surface area (Å²) in [6.07, 6.45) is -0.435. The van der Waals surface area contributed by atoms with E-state index in [1.54, 1.807) is 44.2 Å². The Labute approximate surface area is 204 Å². The maximum atomic E-state index is 13.5. The Morgan fingerprint density at radius 1 is 1.31 bits per heavy atom. The molecule has 0 aliphatic carbocycles. The molecule has 1 fully saturated rings. The number of H-pyrrole nitrogens is 1. The number of carbonyl (C=O) groups excluding carboxylic acids is 1. The lowest BCUT2D eigenvalue weighted by Crippen LogP contribution is -2.42. The number of para-hydroxylation sites is 1. The lowest BCUT2D eigenvalue weighted by atomic mass is 9.91. The van der Waals surface area contributed by atoms with Crippen LogP contribution in [-0.2, 0) is 23.4 Å². The predicted molar refractivity (Wildman–Crippen MR) is 129 cm³/mol. The second kappa shape index (κ2) is 11.4. The van der Waals surface area contributed by atoms with Gasteiger partial charge in [0.15, 0.2) is 0 Å². The molecule has 4 unspecified atom stereocenters. The van der Waals surface area contributed by atoms with Gasteiger partial charge in [-0.15, -0.1) is 0 Å². The van der Waals surface area contributed by atoms with Crippen LogP contribution < -0.4 is 26.3 Å². The molecule has 0 saturated carbocycles. The number of aromatic nitrogens is 2. The van der Waals surface area contributed by atoms with Crippen molar-refractivity contribution < 1.29 is 27.9 Å². The van der Waals surface area contributed by atoms with Gasteiger partial charge in [-0.2, -0.15) is 0 Å². The summed E-state index contributed by atoms with van der Waals surface area (Å²) in [7, 11) is 7.63. The van der Waals surface area contributed by atoms with Crippen LogP contribution in [0.25, 0.3) is 0 Å². The molecule has 0 amide bonds. The van der Waals surface area contributed by atoms with Crippen LogP contribution in [0.15, 0.2) is 46.1 Å². The fourth-order valence-corrected chi connectivity index (χ4v) is 4.86. The van der Waals surface area contributed by atoms with Crippen molar-refractivity contribution in [2.75, 3.05) is 6.54 Å². The van der Waals surface area contributed by atoms with E-state index in [-0.39, 0.29) is 23.2 Å². The second-order valence-corrected chi connectivity index (χ2v) is 10.1. The fraction of sp³-hybridized carbons (Fsp3) is 0.476. The first-order valence-corrected chi connectivity index (χ1v) is 12.5. The predicted octanol–water partition coefficient (Wildman–Crippen LogP) is 0.494. The van der Waals surface area contributed by atoms with Gasteiger partial charge in [-0.25, -0.2) is 14.4 Å². The number of hydrogen-bond donors (Lipinski definition) is 2. The van der Waals surface area contributed by atoms with Crippen LogP contribution in [0.1, 0.15) is 33.4 Å². The van der Waals surface area contributed by atoms with Gasteiger partial charge in [-0.05, 0) is 37.9 Å². The number of rotatable bonds is 10. The highest BCUT2D eigenvalue weighted by atomic mass is 31.2. The highest BCUT2D eigenvalue weighted by Gasteiger charge is 2.40. The van der Waals surface area contributed by atoms with Gasteiger partial charge in [0, 0.05) is 12.1 Å². The van der Waals surface area contributed by atoms with Crippen LogP contribution in [0.2, 0.25) is 0 Å². The Balaban J connectivity index is 1.75. The van der Waals surface area contributed by atoms with Crippen LogP contribution in [0.3, 0.4) is 0 Å². The van der Waals surface area contributed by atoms with Crippen LogP contribution in [0, 0.1) is 5.92 Å². The zero-order valence-electron chi connectivity index (χ0n) is 19.6. The Morgan fingerprint density at radius 2 is 2.00 bits per heavy atom. The minimum atomic E-state index is -4.17. The number of aromatic amines is 1. The van der Waals surface area contributed by atoms with Gasteiger partial charge in [0.1, 0.15) is 34.2 Å². The van der Waals surface area contributed by atoms with Gasteiger partial charge in [0.05, 0.1) is 18.2 Å². The van der Waals surface area contributed by atoms with Crippen molar-refractivity contribution in [1.29, 1.82) is 0 Å². The maximum Gasteiger partial charge on any atom is 0.458 e. The number of benzene rings is 1. The Kier molecular flexibility index (Phi) is 8.82. The van der Waals surface area contributed by atoms with Crippen molar-refractivity contribution in [2.24, 2.45) is 5.92 Å². The molecule has 14 heteroatoms. The number of nitrogens with one attached hydrogen (secondary N) is 2. The Hall–Kier alpha value is -2.59. The molecule has 1 saturated heterocycles. The van der Waals surface area contributed by atoms with Crippen LogP contribution >= 0.6 is 7.75 Å². The highest BCUT2D eigenvalue weighted by Crippen LogP contribution is 2.47. The largest absolute Gasteiger partial charge is 0.462 e. The summed E-state index contributed by atoms with van der Waals surface area (Å²) < 4.78 is 36.7. The molecule has 1 aromatic carbocycles. The molecule has 2 heterocycles. The third kappa shape index (κ3) is 7.20. The molecule has 3 rings (SSSR count). The van der Waals surface area contributed by atoms with Gasteiger partial charge >= 0.3 is 19.4 Å². The minimum absolute atomic E-state index is 0.150. The fourth-order valence-electron chi connectivity index (χ4n) is 3.50. The van der Waals surface area contributed by atoms with Crippen molar-refractivity contribution in [3.05, 3.63) is 57.4 Å². The molecule has 1 aliphatic rings. The lowest BCUT2D eigenvalue weighted by Gasteiger charge is -2.27. The molecule has 184 valence electrons. The Bertz CT molecular complexity index is 1190. The zero-order chi connectivity index (χ0) is 25.8. The first kappa shape index (κ1) is 27.0. The summed E-state index contributed by atoms with van der Waals surface area (Å²) in [5.41, 5.74) is -1.54. The van der Waals surface area contributed by atoms with E-state index in [1.165, 1.54) is 6.20 Å². The molecule has 2 aromatic rings. The third-order valence-electron chi connectivity index (χ3n) is 5.05. The molecule has 5 atom stereocenters. The number of carbonyl (C=O) groups is 1. The molecule has 1 aromatic heterocycles. The first-order chi connectivity index (χ1) is 16.5. The molecule has 11 nitrogen and oxygen atoms in total. The summed E-state index contributed by atoms with van der Waals surface area (Å²) in [6, 6.07) is 6.96. The standard InChI is InChI=1S/C21H26B2N3O8P/c1-12(2)31-17(27)10-24-35(30,33-14-7-5-4-6-8-14)34-18(23)16-9-13(3)20(32-16)26-11-15(22)19(28)25-21(26)29/h4-8,11-13,16,18,20H,9-10H2,1-3H3,(H,24,30)(H,25,28,29)/t13-,16?,18?,20?,35?/m0/s1. The van der Waals surface area contributed by atoms with Crippen molar-refractivity contribution in [3.63, 3.8) is 0 Å². The monoisotopic (exact) mass is 501 g/mol. The zero-order valence-corrected chi connectivity index (χ0v) is 20.5. The van der Waals surface area contributed by atoms with Gasteiger partial charge in [-0.3, -0.25) is 23.7 Å². The highest BCUT2D eigenvalue weighted by molar-refractivity contribution is 7.52. The molecular formula is C21H26B2N3O8P. The SMILES string of the molecule is [B]c1cn(C2OC(C([B])OP(=O)(NCC(=O)OC(C)C)Oc3ccccc3)C[C@@H]2C)c(=O)[nH]c1=O.